The zero-order valence-corrected chi connectivity index (χ0v) is 21.6. The normalized spacial score (nSPS) is 12.3. The van der Waals surface area contributed by atoms with Gasteiger partial charge in [0.1, 0.15) is 26.5 Å². The molecule has 0 radical (unpaired) electrons. The number of rotatable bonds is 11. The smallest absolute Gasteiger partial charge is 0.407 e. The molecule has 0 saturated heterocycles. The molecule has 38 heavy (non-hydrogen) atoms. The molecule has 8 heteroatoms. The van der Waals surface area contributed by atoms with Crippen LogP contribution in [0, 0.1) is 5.41 Å². The van der Waals surface area contributed by atoms with Crippen LogP contribution in [0.15, 0.2) is 78.9 Å². The lowest BCUT2D eigenvalue weighted by molar-refractivity contribution is -0.159. The summed E-state index contributed by atoms with van der Waals surface area (Å²) in [6, 6.07) is 25.5. The molecule has 0 aliphatic heterocycles. The third-order valence-electron chi connectivity index (χ3n) is 6.34. The van der Waals surface area contributed by atoms with Crippen LogP contribution in [0.1, 0.15) is 36.5 Å². The van der Waals surface area contributed by atoms with Crippen LogP contribution in [0.2, 0.25) is 0 Å². The largest absolute Gasteiger partial charge is 0.460 e. The molecule has 2 N–H and O–H groups in total. The van der Waals surface area contributed by atoms with Crippen LogP contribution in [0.5, 0.6) is 0 Å². The van der Waals surface area contributed by atoms with E-state index in [1.165, 1.54) is 0 Å². The predicted octanol–water partition coefficient (Wildman–Crippen LogP) is 4.39. The summed E-state index contributed by atoms with van der Waals surface area (Å²) in [6.45, 7) is 3.45. The number of fused-ring (bicyclic) bond motifs is 3. The Bertz CT molecular complexity index is 1230. The molecule has 8 nitrogen and oxygen atoms in total. The first-order valence-corrected chi connectivity index (χ1v) is 12.5. The zero-order valence-electron chi connectivity index (χ0n) is 21.6. The number of nitrogens with one attached hydrogen (secondary N) is 2. The van der Waals surface area contributed by atoms with Crippen molar-refractivity contribution in [3.05, 3.63) is 95.6 Å². The molecule has 0 fully saturated rings. The highest BCUT2D eigenvalue weighted by Gasteiger charge is 2.30. The Hall–Kier alpha value is -4.17. The lowest BCUT2D eigenvalue weighted by Gasteiger charge is -2.22. The molecular formula is C30H32N2O6. The molecular weight excluding hydrogens is 484 g/mol. The van der Waals surface area contributed by atoms with Crippen molar-refractivity contribution >= 4 is 18.0 Å². The summed E-state index contributed by atoms with van der Waals surface area (Å²) in [7, 11) is 0. The maximum Gasteiger partial charge on any atom is 0.407 e. The van der Waals surface area contributed by atoms with Crippen molar-refractivity contribution in [2.45, 2.75) is 26.4 Å². The highest BCUT2D eigenvalue weighted by atomic mass is 16.6. The summed E-state index contributed by atoms with van der Waals surface area (Å²) < 4.78 is 16.2. The molecule has 3 aromatic carbocycles. The third-order valence-corrected chi connectivity index (χ3v) is 6.34. The van der Waals surface area contributed by atoms with E-state index in [0.29, 0.717) is 0 Å². The zero-order chi connectivity index (χ0) is 27.0. The maximum absolute atomic E-state index is 12.4. The number of carbonyl (C=O) groups is 3. The van der Waals surface area contributed by atoms with Crippen molar-refractivity contribution in [1.29, 1.82) is 0 Å². The van der Waals surface area contributed by atoms with Gasteiger partial charge in [-0.25, -0.2) is 4.79 Å². The number of hydrogen-bond acceptors (Lipinski definition) is 6. The SMILES string of the molecule is CC(C)(COCNC(=O)CNC(=O)OCC1c2ccccc2-c2ccccc21)C(=O)OCc1ccccc1. The van der Waals surface area contributed by atoms with Gasteiger partial charge in [0.25, 0.3) is 0 Å². The second kappa shape index (κ2) is 12.4. The fourth-order valence-corrected chi connectivity index (χ4v) is 4.28. The topological polar surface area (TPSA) is 103 Å². The summed E-state index contributed by atoms with van der Waals surface area (Å²) in [4.78, 5) is 36.7. The number of alkyl carbamates (subject to hydrolysis) is 1. The molecule has 2 amide bonds. The number of amides is 2. The van der Waals surface area contributed by atoms with Crippen LogP contribution in [-0.2, 0) is 30.4 Å². The Labute approximate surface area is 222 Å². The molecule has 0 heterocycles. The average molecular weight is 517 g/mol. The number of ether oxygens (including phenoxy) is 3. The van der Waals surface area contributed by atoms with Crippen molar-refractivity contribution in [2.75, 3.05) is 26.5 Å². The molecule has 198 valence electrons. The van der Waals surface area contributed by atoms with Crippen molar-refractivity contribution in [3.8, 4) is 11.1 Å². The van der Waals surface area contributed by atoms with E-state index in [0.717, 1.165) is 27.8 Å². The molecule has 0 saturated carbocycles. The van der Waals surface area contributed by atoms with Crippen LogP contribution >= 0.6 is 0 Å². The van der Waals surface area contributed by atoms with Gasteiger partial charge in [-0.2, -0.15) is 0 Å². The van der Waals surface area contributed by atoms with Gasteiger partial charge in [-0.3, -0.25) is 9.59 Å². The van der Waals surface area contributed by atoms with Crippen LogP contribution in [0.3, 0.4) is 0 Å². The monoisotopic (exact) mass is 516 g/mol. The standard InChI is InChI=1S/C30H32N2O6/c1-30(2,28(34)37-17-21-10-4-3-5-11-21)19-36-20-32-27(33)16-31-29(35)38-18-26-24-14-8-6-12-22(24)23-13-7-9-15-25(23)26/h3-15,26H,16-20H2,1-2H3,(H,31,35)(H,32,33). The molecule has 0 bridgehead atoms. The first-order chi connectivity index (χ1) is 18.3. The van der Waals surface area contributed by atoms with Gasteiger partial charge >= 0.3 is 12.1 Å². The van der Waals surface area contributed by atoms with Crippen molar-refractivity contribution in [1.82, 2.24) is 10.6 Å². The molecule has 0 unspecified atom stereocenters. The van der Waals surface area contributed by atoms with Gasteiger partial charge in [-0.1, -0.05) is 78.9 Å². The van der Waals surface area contributed by atoms with Crippen LogP contribution in [0.4, 0.5) is 4.79 Å². The van der Waals surface area contributed by atoms with Gasteiger partial charge < -0.3 is 24.8 Å². The van der Waals surface area contributed by atoms with Crippen LogP contribution in [-0.4, -0.2) is 44.5 Å². The second-order valence-corrected chi connectivity index (χ2v) is 9.72. The molecule has 1 aliphatic carbocycles. The summed E-state index contributed by atoms with van der Waals surface area (Å²) in [5, 5.41) is 5.01. The van der Waals surface area contributed by atoms with E-state index >= 15 is 0 Å². The van der Waals surface area contributed by atoms with Crippen LogP contribution in [0.25, 0.3) is 11.1 Å². The minimum Gasteiger partial charge on any atom is -0.460 e. The van der Waals surface area contributed by atoms with Gasteiger partial charge in [0.2, 0.25) is 5.91 Å². The minimum atomic E-state index is -0.890. The molecule has 0 atom stereocenters. The van der Waals surface area contributed by atoms with E-state index in [4.69, 9.17) is 14.2 Å². The van der Waals surface area contributed by atoms with Crippen molar-refractivity contribution in [2.24, 2.45) is 5.41 Å². The van der Waals surface area contributed by atoms with Gasteiger partial charge in [0.05, 0.1) is 12.0 Å². The molecule has 0 spiro atoms. The average Bonchev–Trinajstić information content (AvgIpc) is 3.26. The highest BCUT2D eigenvalue weighted by molar-refractivity contribution is 5.82. The number of hydrogen-bond donors (Lipinski definition) is 2. The predicted molar refractivity (Wildman–Crippen MR) is 142 cm³/mol. The second-order valence-electron chi connectivity index (χ2n) is 9.72. The summed E-state index contributed by atoms with van der Waals surface area (Å²) in [6.07, 6.45) is -0.676. The summed E-state index contributed by atoms with van der Waals surface area (Å²) >= 11 is 0. The Balaban J connectivity index is 1.13. The van der Waals surface area contributed by atoms with E-state index in [9.17, 15) is 14.4 Å². The first-order valence-electron chi connectivity index (χ1n) is 12.5. The van der Waals surface area contributed by atoms with E-state index in [1.807, 2.05) is 66.7 Å². The Morgan fingerprint density at radius 3 is 2.05 bits per heavy atom. The summed E-state index contributed by atoms with van der Waals surface area (Å²) in [5.41, 5.74) is 4.52. The molecule has 3 aromatic rings. The lowest BCUT2D eigenvalue weighted by Crippen LogP contribution is -2.39. The van der Waals surface area contributed by atoms with Crippen LogP contribution < -0.4 is 10.6 Å². The molecule has 1 aliphatic rings. The van der Waals surface area contributed by atoms with E-state index in [-0.39, 0.29) is 39.0 Å². The highest BCUT2D eigenvalue weighted by Crippen LogP contribution is 2.44. The van der Waals surface area contributed by atoms with Crippen molar-refractivity contribution < 1.29 is 28.6 Å². The summed E-state index contributed by atoms with van der Waals surface area (Å²) in [5.74, 6) is -0.898. The number of carbonyl (C=O) groups excluding carboxylic acids is 3. The third kappa shape index (κ3) is 6.77. The van der Waals surface area contributed by atoms with Gasteiger partial charge in [-0.15, -0.1) is 0 Å². The van der Waals surface area contributed by atoms with E-state index in [1.54, 1.807) is 13.8 Å². The molecule has 4 rings (SSSR count). The maximum atomic E-state index is 12.4. The first kappa shape index (κ1) is 26.9. The Morgan fingerprint density at radius 1 is 0.789 bits per heavy atom. The lowest BCUT2D eigenvalue weighted by atomic mass is 9.95. The fraction of sp³-hybridized carbons (Fsp3) is 0.300. The quantitative estimate of drug-likeness (QED) is 0.223. The van der Waals surface area contributed by atoms with Gasteiger partial charge in [0, 0.05) is 5.92 Å². The Kier molecular flexibility index (Phi) is 8.76. The minimum absolute atomic E-state index is 0.0563. The number of benzene rings is 3. The van der Waals surface area contributed by atoms with E-state index < -0.39 is 23.4 Å². The Morgan fingerprint density at radius 2 is 1.39 bits per heavy atom. The van der Waals surface area contributed by atoms with Crippen molar-refractivity contribution in [3.63, 3.8) is 0 Å². The van der Waals surface area contributed by atoms with E-state index in [2.05, 4.69) is 22.8 Å². The number of esters is 1. The fourth-order valence-electron chi connectivity index (χ4n) is 4.28. The van der Waals surface area contributed by atoms with Gasteiger partial charge in [-0.05, 0) is 41.7 Å². The molecule has 0 aromatic heterocycles. The van der Waals surface area contributed by atoms with Gasteiger partial charge in [0.15, 0.2) is 0 Å².